The summed E-state index contributed by atoms with van der Waals surface area (Å²) in [5.41, 5.74) is 0.859. The first-order chi connectivity index (χ1) is 12.0. The molecule has 0 spiro atoms. The Labute approximate surface area is 164 Å². The number of Topliss-reactive ketones (excluding diaryl/α,β-unsaturated/α-hetero) is 1. The molecule has 0 aliphatic carbocycles. The number of benzene rings is 1. The standard InChI is InChI=1S/C23H36O4/c1-15(2)23(10,14-21(4,5)6)17-11-12-19(18(13-17)16(3)24)26-20(25)27-22(7,8)9/h11-13,15H,14H2,1-10H3. The van der Waals surface area contributed by atoms with Crippen LogP contribution in [0, 0.1) is 11.3 Å². The van der Waals surface area contributed by atoms with Crippen molar-refractivity contribution < 1.29 is 19.1 Å². The monoisotopic (exact) mass is 376 g/mol. The minimum atomic E-state index is -0.806. The van der Waals surface area contributed by atoms with E-state index in [4.69, 9.17) is 9.47 Å². The van der Waals surface area contributed by atoms with Gasteiger partial charge in [0.25, 0.3) is 0 Å². The lowest BCUT2D eigenvalue weighted by Gasteiger charge is -2.40. The fourth-order valence-electron chi connectivity index (χ4n) is 3.35. The zero-order valence-electron chi connectivity index (χ0n) is 18.6. The zero-order valence-corrected chi connectivity index (χ0v) is 18.6. The van der Waals surface area contributed by atoms with Gasteiger partial charge in [0.1, 0.15) is 11.4 Å². The van der Waals surface area contributed by atoms with Gasteiger partial charge in [-0.05, 0) is 68.6 Å². The van der Waals surface area contributed by atoms with E-state index in [1.165, 1.54) is 6.92 Å². The third-order valence-electron chi connectivity index (χ3n) is 4.77. The Kier molecular flexibility index (Phi) is 6.90. The fourth-order valence-corrected chi connectivity index (χ4v) is 3.35. The summed E-state index contributed by atoms with van der Waals surface area (Å²) < 4.78 is 10.5. The molecule has 0 saturated carbocycles. The van der Waals surface area contributed by atoms with Gasteiger partial charge in [0.2, 0.25) is 0 Å². The zero-order chi connectivity index (χ0) is 21.2. The second-order valence-corrected chi connectivity index (χ2v) is 10.1. The van der Waals surface area contributed by atoms with Gasteiger partial charge in [0.15, 0.2) is 5.78 Å². The van der Waals surface area contributed by atoms with Gasteiger partial charge in [-0.2, -0.15) is 0 Å². The lowest BCUT2D eigenvalue weighted by atomic mass is 9.65. The van der Waals surface area contributed by atoms with Gasteiger partial charge in [-0.25, -0.2) is 4.79 Å². The summed E-state index contributed by atoms with van der Waals surface area (Å²) in [6.45, 7) is 20.1. The molecule has 152 valence electrons. The summed E-state index contributed by atoms with van der Waals surface area (Å²) in [5, 5.41) is 0. The molecule has 0 heterocycles. The van der Waals surface area contributed by atoms with Gasteiger partial charge < -0.3 is 9.47 Å². The smallest absolute Gasteiger partial charge is 0.428 e. The Morgan fingerprint density at radius 3 is 1.96 bits per heavy atom. The molecule has 1 atom stereocenters. The minimum absolute atomic E-state index is 0.104. The van der Waals surface area contributed by atoms with Crippen LogP contribution in [0.2, 0.25) is 0 Å². The summed E-state index contributed by atoms with van der Waals surface area (Å²) >= 11 is 0. The van der Waals surface area contributed by atoms with Crippen LogP contribution in [0.3, 0.4) is 0 Å². The molecule has 0 N–H and O–H groups in total. The maximum Gasteiger partial charge on any atom is 0.514 e. The van der Waals surface area contributed by atoms with Crippen molar-refractivity contribution in [2.24, 2.45) is 11.3 Å². The van der Waals surface area contributed by atoms with Crippen molar-refractivity contribution in [3.8, 4) is 5.75 Å². The summed E-state index contributed by atoms with van der Waals surface area (Å²) in [7, 11) is 0. The maximum absolute atomic E-state index is 12.2. The Bertz CT molecular complexity index is 689. The summed E-state index contributed by atoms with van der Waals surface area (Å²) in [5.74, 6) is 0.480. The van der Waals surface area contributed by atoms with Crippen LogP contribution in [0.15, 0.2) is 18.2 Å². The Morgan fingerprint density at radius 1 is 1.00 bits per heavy atom. The van der Waals surface area contributed by atoms with E-state index in [0.717, 1.165) is 12.0 Å². The van der Waals surface area contributed by atoms with E-state index in [2.05, 4.69) is 41.5 Å². The maximum atomic E-state index is 12.2. The predicted octanol–water partition coefficient (Wildman–Crippen LogP) is 6.55. The highest BCUT2D eigenvalue weighted by molar-refractivity contribution is 5.97. The SMILES string of the molecule is CC(=O)c1cc(C(C)(CC(C)(C)C)C(C)C)ccc1OC(=O)OC(C)(C)C. The summed E-state index contributed by atoms with van der Waals surface area (Å²) in [6.07, 6.45) is 0.167. The average Bonchev–Trinajstić information content (AvgIpc) is 2.42. The molecule has 0 fully saturated rings. The number of hydrogen-bond acceptors (Lipinski definition) is 4. The Morgan fingerprint density at radius 2 is 1.56 bits per heavy atom. The van der Waals surface area contributed by atoms with Crippen LogP contribution in [0.25, 0.3) is 0 Å². The highest BCUT2D eigenvalue weighted by Crippen LogP contribution is 2.43. The second kappa shape index (κ2) is 8.04. The molecule has 0 aliphatic heterocycles. The number of hydrogen-bond donors (Lipinski definition) is 0. The van der Waals surface area contributed by atoms with Crippen LogP contribution in [0.4, 0.5) is 4.79 Å². The van der Waals surface area contributed by atoms with E-state index in [9.17, 15) is 9.59 Å². The van der Waals surface area contributed by atoms with Gasteiger partial charge in [0, 0.05) is 0 Å². The number of ether oxygens (including phenoxy) is 2. The summed E-state index contributed by atoms with van der Waals surface area (Å²) in [4.78, 5) is 24.3. The number of rotatable bonds is 5. The Hall–Kier alpha value is -1.84. The Balaban J connectivity index is 3.32. The van der Waals surface area contributed by atoms with E-state index >= 15 is 0 Å². The van der Waals surface area contributed by atoms with Crippen LogP contribution in [0.5, 0.6) is 5.75 Å². The molecule has 0 bridgehead atoms. The van der Waals surface area contributed by atoms with Crippen molar-refractivity contribution in [3.05, 3.63) is 29.3 Å². The van der Waals surface area contributed by atoms with Crippen molar-refractivity contribution >= 4 is 11.9 Å². The van der Waals surface area contributed by atoms with Crippen LogP contribution in [0.1, 0.15) is 91.6 Å². The molecule has 0 radical (unpaired) electrons. The average molecular weight is 377 g/mol. The highest BCUT2D eigenvalue weighted by atomic mass is 16.7. The largest absolute Gasteiger partial charge is 0.514 e. The molecular weight excluding hydrogens is 340 g/mol. The molecule has 1 unspecified atom stereocenters. The van der Waals surface area contributed by atoms with E-state index < -0.39 is 11.8 Å². The van der Waals surface area contributed by atoms with E-state index in [1.54, 1.807) is 26.8 Å². The van der Waals surface area contributed by atoms with Crippen molar-refractivity contribution in [2.75, 3.05) is 0 Å². The molecular formula is C23H36O4. The van der Waals surface area contributed by atoms with Crippen LogP contribution >= 0.6 is 0 Å². The molecule has 1 aromatic carbocycles. The normalized spacial score (nSPS) is 14.6. The van der Waals surface area contributed by atoms with Gasteiger partial charge >= 0.3 is 6.16 Å². The molecule has 0 aliphatic rings. The van der Waals surface area contributed by atoms with E-state index in [1.807, 2.05) is 12.1 Å². The first-order valence-electron chi connectivity index (χ1n) is 9.61. The van der Waals surface area contributed by atoms with Crippen LogP contribution in [-0.4, -0.2) is 17.5 Å². The third-order valence-corrected chi connectivity index (χ3v) is 4.77. The van der Waals surface area contributed by atoms with Gasteiger partial charge in [0.05, 0.1) is 5.56 Å². The molecule has 1 aromatic rings. The first-order valence-corrected chi connectivity index (χ1v) is 9.61. The van der Waals surface area contributed by atoms with Gasteiger partial charge in [-0.1, -0.05) is 47.6 Å². The number of carbonyl (C=O) groups is 2. The van der Waals surface area contributed by atoms with Crippen molar-refractivity contribution in [1.82, 2.24) is 0 Å². The lowest BCUT2D eigenvalue weighted by Crippen LogP contribution is -2.33. The van der Waals surface area contributed by atoms with E-state index in [0.29, 0.717) is 11.5 Å². The van der Waals surface area contributed by atoms with Crippen molar-refractivity contribution in [3.63, 3.8) is 0 Å². The molecule has 4 nitrogen and oxygen atoms in total. The molecule has 1 rings (SSSR count). The summed E-state index contributed by atoms with van der Waals surface area (Å²) in [6, 6.07) is 5.53. The second-order valence-electron chi connectivity index (χ2n) is 10.1. The topological polar surface area (TPSA) is 52.6 Å². The van der Waals surface area contributed by atoms with Crippen molar-refractivity contribution in [2.45, 2.75) is 86.7 Å². The highest BCUT2D eigenvalue weighted by Gasteiger charge is 2.35. The number of carbonyl (C=O) groups excluding carboxylic acids is 2. The molecule has 4 heteroatoms. The molecule has 27 heavy (non-hydrogen) atoms. The van der Waals surface area contributed by atoms with Crippen LogP contribution < -0.4 is 4.74 Å². The molecule has 0 saturated heterocycles. The van der Waals surface area contributed by atoms with Crippen molar-refractivity contribution in [1.29, 1.82) is 0 Å². The molecule has 0 amide bonds. The fraction of sp³-hybridized carbons (Fsp3) is 0.652. The number of ketones is 1. The lowest BCUT2D eigenvalue weighted by molar-refractivity contribution is 0.0205. The molecule has 0 aromatic heterocycles. The van der Waals surface area contributed by atoms with Crippen LogP contribution in [-0.2, 0) is 10.2 Å². The van der Waals surface area contributed by atoms with Gasteiger partial charge in [-0.15, -0.1) is 0 Å². The quantitative estimate of drug-likeness (QED) is 0.332. The third kappa shape index (κ3) is 6.67. The first kappa shape index (κ1) is 23.2. The van der Waals surface area contributed by atoms with Gasteiger partial charge in [-0.3, -0.25) is 4.79 Å². The minimum Gasteiger partial charge on any atom is -0.428 e. The predicted molar refractivity (Wildman–Crippen MR) is 110 cm³/mol. The van der Waals surface area contributed by atoms with E-state index in [-0.39, 0.29) is 22.4 Å².